The number of rotatable bonds is 2. The maximum Gasteiger partial charge on any atom is 0.0653 e. The third-order valence-electron chi connectivity index (χ3n) is 0.227. The highest BCUT2D eigenvalue weighted by molar-refractivity contribution is 9.09. The van der Waals surface area contributed by atoms with Crippen LogP contribution >= 0.6 is 49.2 Å². The molecule has 0 amide bonds. The van der Waals surface area contributed by atoms with Crippen LogP contribution in [-0.2, 0) is 4.57 Å². The molecule has 0 aromatic rings. The molecule has 1 unspecified atom stereocenters. The molecular formula is C2H8BrCl2OP. The molecule has 0 aliphatic carbocycles. The van der Waals surface area contributed by atoms with Crippen LogP contribution in [0, 0.1) is 0 Å². The van der Waals surface area contributed by atoms with Crippen molar-refractivity contribution in [1.29, 1.82) is 0 Å². The van der Waals surface area contributed by atoms with E-state index in [1.165, 1.54) is 0 Å². The summed E-state index contributed by atoms with van der Waals surface area (Å²) in [6, 6.07) is 0. The van der Waals surface area contributed by atoms with Crippen LogP contribution in [0.5, 0.6) is 0 Å². The second-order valence-electron chi connectivity index (χ2n) is 0.644. The summed E-state index contributed by atoms with van der Waals surface area (Å²) in [7, 11) is -0.511. The van der Waals surface area contributed by atoms with Crippen molar-refractivity contribution in [3.63, 3.8) is 0 Å². The average Bonchev–Trinajstić information content (AvgIpc) is 1.41. The highest BCUT2D eigenvalue weighted by Gasteiger charge is 1.67. The molecule has 0 aliphatic heterocycles. The first-order valence-corrected chi connectivity index (χ1v) is 3.82. The Hall–Kier alpha value is 1.29. The molecule has 48 valence electrons. The standard InChI is InChI=1S/C2H6BrOP.2ClH/c3-1-2-5-4;;/h1-2,5H2;2*1H. The summed E-state index contributed by atoms with van der Waals surface area (Å²) in [6.07, 6.45) is 0.833. The molecule has 0 radical (unpaired) electrons. The average molecular weight is 230 g/mol. The van der Waals surface area contributed by atoms with Gasteiger partial charge in [-0.1, -0.05) is 15.9 Å². The minimum atomic E-state index is -0.511. The molecule has 5 heteroatoms. The van der Waals surface area contributed by atoms with Crippen LogP contribution in [0.15, 0.2) is 0 Å². The summed E-state index contributed by atoms with van der Waals surface area (Å²) in [4.78, 5) is 0. The van der Waals surface area contributed by atoms with Crippen LogP contribution < -0.4 is 0 Å². The third kappa shape index (κ3) is 18.8. The molecule has 0 bridgehead atoms. The van der Waals surface area contributed by atoms with E-state index < -0.39 is 8.46 Å². The lowest BCUT2D eigenvalue weighted by Crippen LogP contribution is -1.64. The van der Waals surface area contributed by atoms with Crippen LogP contribution in [0.4, 0.5) is 0 Å². The number of hydrogen-bond acceptors (Lipinski definition) is 1. The molecule has 0 rings (SSSR count). The number of hydrogen-bond donors (Lipinski definition) is 0. The van der Waals surface area contributed by atoms with E-state index in [1.807, 2.05) is 0 Å². The van der Waals surface area contributed by atoms with Crippen LogP contribution in [0.1, 0.15) is 0 Å². The Morgan fingerprint density at radius 1 is 1.43 bits per heavy atom. The Morgan fingerprint density at radius 3 is 1.86 bits per heavy atom. The lowest BCUT2D eigenvalue weighted by molar-refractivity contribution is 0.599. The molecule has 0 spiro atoms. The van der Waals surface area contributed by atoms with E-state index >= 15 is 0 Å². The molecule has 1 nitrogen and oxygen atoms in total. The summed E-state index contributed by atoms with van der Waals surface area (Å²) in [6.45, 7) is 0. The second-order valence-corrected chi connectivity index (χ2v) is 2.35. The Labute approximate surface area is 65.4 Å². The van der Waals surface area contributed by atoms with Crippen molar-refractivity contribution in [3.8, 4) is 0 Å². The predicted molar refractivity (Wildman–Crippen MR) is 43.6 cm³/mol. The van der Waals surface area contributed by atoms with Gasteiger partial charge in [-0.15, -0.1) is 24.8 Å². The molecule has 0 heterocycles. The number of halogens is 3. The fourth-order valence-corrected chi connectivity index (χ4v) is 0.694. The Morgan fingerprint density at radius 2 is 1.86 bits per heavy atom. The van der Waals surface area contributed by atoms with Gasteiger partial charge in [0, 0.05) is 11.5 Å². The monoisotopic (exact) mass is 228 g/mol. The SMILES string of the molecule is Cl.Cl.O=[PH2]CCBr. The first-order chi connectivity index (χ1) is 2.41. The normalized spacial score (nSPS) is 7.57. The summed E-state index contributed by atoms with van der Waals surface area (Å²) in [5, 5.41) is 0.881. The maximum absolute atomic E-state index is 9.58. The maximum atomic E-state index is 9.58. The quantitative estimate of drug-likeness (QED) is 0.523. The van der Waals surface area contributed by atoms with Crippen molar-refractivity contribution < 1.29 is 4.57 Å². The van der Waals surface area contributed by atoms with Crippen molar-refractivity contribution in [2.75, 3.05) is 11.5 Å². The molecule has 0 N–H and O–H groups in total. The van der Waals surface area contributed by atoms with Crippen LogP contribution in [0.25, 0.3) is 0 Å². The zero-order valence-electron chi connectivity index (χ0n) is 3.59. The minimum absolute atomic E-state index is 0. The Kier molecular flexibility index (Phi) is 35.2. The Balaban J connectivity index is -0.0000000800. The fraction of sp³-hybridized carbons (Fsp3) is 1.00. The zero-order chi connectivity index (χ0) is 4.12. The lowest BCUT2D eigenvalue weighted by atomic mass is 11.0. The molecule has 0 saturated heterocycles. The topological polar surface area (TPSA) is 17.1 Å². The highest BCUT2D eigenvalue weighted by atomic mass is 79.9. The number of alkyl halides is 1. The lowest BCUT2D eigenvalue weighted by Gasteiger charge is -1.67. The smallest absolute Gasteiger partial charge is 0.0653 e. The van der Waals surface area contributed by atoms with Gasteiger partial charge in [0.05, 0.1) is 8.46 Å². The minimum Gasteiger partial charge on any atom is -0.330 e. The van der Waals surface area contributed by atoms with Crippen LogP contribution in [-0.4, -0.2) is 11.5 Å². The van der Waals surface area contributed by atoms with Crippen LogP contribution in [0.2, 0.25) is 0 Å². The largest absolute Gasteiger partial charge is 0.330 e. The summed E-state index contributed by atoms with van der Waals surface area (Å²) in [5.74, 6) is 0. The second kappa shape index (κ2) is 15.7. The molecule has 0 saturated carbocycles. The predicted octanol–water partition coefficient (Wildman–Crippen LogP) is 1.98. The summed E-state index contributed by atoms with van der Waals surface area (Å²) < 4.78 is 9.58. The van der Waals surface area contributed by atoms with E-state index in [0.717, 1.165) is 11.5 Å². The van der Waals surface area contributed by atoms with Crippen molar-refractivity contribution in [2.45, 2.75) is 0 Å². The van der Waals surface area contributed by atoms with Crippen molar-refractivity contribution in [3.05, 3.63) is 0 Å². The molecule has 0 aliphatic rings. The van der Waals surface area contributed by atoms with Crippen molar-refractivity contribution in [1.82, 2.24) is 0 Å². The van der Waals surface area contributed by atoms with Gasteiger partial charge in [0.2, 0.25) is 0 Å². The Bertz CT molecular complexity index is 36.9. The van der Waals surface area contributed by atoms with Crippen molar-refractivity contribution >= 4 is 49.2 Å². The van der Waals surface area contributed by atoms with Gasteiger partial charge in [0.1, 0.15) is 0 Å². The first kappa shape index (κ1) is 15.7. The van der Waals surface area contributed by atoms with E-state index in [-0.39, 0.29) is 24.8 Å². The van der Waals surface area contributed by atoms with Gasteiger partial charge >= 0.3 is 0 Å². The first-order valence-electron chi connectivity index (χ1n) is 1.41. The highest BCUT2D eigenvalue weighted by Crippen LogP contribution is 1.91. The van der Waals surface area contributed by atoms with Crippen molar-refractivity contribution in [2.24, 2.45) is 0 Å². The molecule has 0 aromatic heterocycles. The fourth-order valence-electron chi connectivity index (χ4n) is 0.0445. The van der Waals surface area contributed by atoms with Gasteiger partial charge in [-0.25, -0.2) is 0 Å². The molecule has 0 aromatic carbocycles. The third-order valence-corrected chi connectivity index (χ3v) is 2.05. The molecule has 0 fully saturated rings. The van der Waals surface area contributed by atoms with Gasteiger partial charge in [-0.3, -0.25) is 0 Å². The van der Waals surface area contributed by atoms with E-state index in [4.69, 9.17) is 0 Å². The van der Waals surface area contributed by atoms with Gasteiger partial charge in [-0.2, -0.15) is 0 Å². The summed E-state index contributed by atoms with van der Waals surface area (Å²) >= 11 is 3.13. The molecule has 1 atom stereocenters. The van der Waals surface area contributed by atoms with Gasteiger partial charge in [0.25, 0.3) is 0 Å². The van der Waals surface area contributed by atoms with E-state index in [1.54, 1.807) is 0 Å². The van der Waals surface area contributed by atoms with Gasteiger partial charge in [0.15, 0.2) is 0 Å². The molecular weight excluding hydrogens is 222 g/mol. The summed E-state index contributed by atoms with van der Waals surface area (Å²) in [5.41, 5.74) is 0. The van der Waals surface area contributed by atoms with E-state index in [9.17, 15) is 4.57 Å². The zero-order valence-corrected chi connectivity index (χ0v) is 7.97. The van der Waals surface area contributed by atoms with E-state index in [0.29, 0.717) is 0 Å². The van der Waals surface area contributed by atoms with Crippen LogP contribution in [0.3, 0.4) is 0 Å². The van der Waals surface area contributed by atoms with Gasteiger partial charge in [-0.05, 0) is 0 Å². The van der Waals surface area contributed by atoms with Gasteiger partial charge < -0.3 is 4.57 Å². The van der Waals surface area contributed by atoms with E-state index in [2.05, 4.69) is 15.9 Å². The molecule has 7 heavy (non-hydrogen) atoms.